The number of fused-ring (bicyclic) bond motifs is 2. The molecular formula is C15H14N2O. The first-order valence-corrected chi connectivity index (χ1v) is 5.98. The van der Waals surface area contributed by atoms with Crippen molar-refractivity contribution in [3.05, 3.63) is 70.3 Å². The van der Waals surface area contributed by atoms with Crippen LogP contribution in [0.25, 0.3) is 0 Å². The predicted molar refractivity (Wildman–Crippen MR) is 70.1 cm³/mol. The summed E-state index contributed by atoms with van der Waals surface area (Å²) in [6.07, 6.45) is 1.69. The second-order valence-corrected chi connectivity index (χ2v) is 4.54. The number of hydrogen-bond donors (Lipinski definition) is 2. The van der Waals surface area contributed by atoms with E-state index in [0.717, 1.165) is 18.4 Å². The maximum absolute atomic E-state index is 11.8. The summed E-state index contributed by atoms with van der Waals surface area (Å²) in [6.45, 7) is 0. The lowest BCUT2D eigenvalue weighted by atomic mass is 9.83. The summed E-state index contributed by atoms with van der Waals surface area (Å²) in [5.74, 6) is 5.02. The highest BCUT2D eigenvalue weighted by molar-refractivity contribution is 5.95. The van der Waals surface area contributed by atoms with Crippen molar-refractivity contribution in [3.63, 3.8) is 0 Å². The molecule has 3 heteroatoms. The number of carbonyl (C=O) groups excluding carboxylic acids is 1. The number of carbonyl (C=O) groups is 1. The lowest BCUT2D eigenvalue weighted by Crippen LogP contribution is -2.31. The van der Waals surface area contributed by atoms with Crippen molar-refractivity contribution in [2.45, 2.75) is 12.8 Å². The fraction of sp³-hybridized carbons (Fsp3) is 0.133. The molecule has 18 heavy (non-hydrogen) atoms. The van der Waals surface area contributed by atoms with Crippen molar-refractivity contribution in [2.24, 2.45) is 5.84 Å². The van der Waals surface area contributed by atoms with Gasteiger partial charge in [0.15, 0.2) is 0 Å². The van der Waals surface area contributed by atoms with Crippen LogP contribution < -0.4 is 11.3 Å². The number of nitrogen functional groups attached to an aromatic ring is 1. The summed E-state index contributed by atoms with van der Waals surface area (Å²) in [7, 11) is 0. The fourth-order valence-corrected chi connectivity index (χ4v) is 2.60. The number of benzene rings is 2. The molecule has 0 heterocycles. The Balaban J connectivity index is 2.10. The molecule has 0 saturated heterocycles. The molecule has 0 atom stereocenters. The van der Waals surface area contributed by atoms with E-state index in [4.69, 9.17) is 5.84 Å². The molecule has 2 aromatic carbocycles. The highest BCUT2D eigenvalue weighted by Gasteiger charge is 2.19. The van der Waals surface area contributed by atoms with E-state index >= 15 is 0 Å². The van der Waals surface area contributed by atoms with Gasteiger partial charge in [0.2, 0.25) is 0 Å². The molecule has 0 aromatic heterocycles. The fourth-order valence-electron chi connectivity index (χ4n) is 2.60. The van der Waals surface area contributed by atoms with Gasteiger partial charge in [0.25, 0.3) is 5.91 Å². The molecule has 0 fully saturated rings. The monoisotopic (exact) mass is 238 g/mol. The minimum Gasteiger partial charge on any atom is -0.290 e. The third-order valence-corrected chi connectivity index (χ3v) is 3.52. The van der Waals surface area contributed by atoms with Gasteiger partial charge in [0.05, 0.1) is 0 Å². The van der Waals surface area contributed by atoms with Gasteiger partial charge < -0.3 is 0 Å². The standard InChI is InChI=1S/C15H14N2O/c16-17-15(18)13-7-3-6-12-8-10-4-1-2-5-11(10)9-14(12)13/h1-7H,8-9,16H2,(H,17,18). The lowest BCUT2D eigenvalue weighted by molar-refractivity contribution is 0.0952. The molecule has 0 saturated carbocycles. The van der Waals surface area contributed by atoms with Crippen molar-refractivity contribution >= 4 is 5.91 Å². The average molecular weight is 238 g/mol. The van der Waals surface area contributed by atoms with E-state index in [-0.39, 0.29) is 5.91 Å². The van der Waals surface area contributed by atoms with Crippen molar-refractivity contribution in [3.8, 4) is 0 Å². The third-order valence-electron chi connectivity index (χ3n) is 3.52. The number of nitrogens with two attached hydrogens (primary N) is 1. The molecule has 0 aliphatic heterocycles. The molecule has 3 N–H and O–H groups in total. The lowest BCUT2D eigenvalue weighted by Gasteiger charge is -2.21. The Morgan fingerprint density at radius 2 is 1.61 bits per heavy atom. The molecule has 2 aromatic rings. The minimum atomic E-state index is -0.216. The van der Waals surface area contributed by atoms with Crippen LogP contribution >= 0.6 is 0 Å². The number of hydrazine groups is 1. The topological polar surface area (TPSA) is 55.1 Å². The van der Waals surface area contributed by atoms with E-state index in [0.29, 0.717) is 5.56 Å². The maximum atomic E-state index is 11.8. The van der Waals surface area contributed by atoms with Gasteiger partial charge in [-0.25, -0.2) is 5.84 Å². The van der Waals surface area contributed by atoms with E-state index in [1.807, 2.05) is 18.2 Å². The maximum Gasteiger partial charge on any atom is 0.265 e. The van der Waals surface area contributed by atoms with E-state index < -0.39 is 0 Å². The summed E-state index contributed by atoms with van der Waals surface area (Å²) in [4.78, 5) is 11.8. The van der Waals surface area contributed by atoms with Gasteiger partial charge >= 0.3 is 0 Å². The molecule has 3 nitrogen and oxygen atoms in total. The SMILES string of the molecule is NNC(=O)c1cccc2c1Cc1ccccc1C2. The van der Waals surface area contributed by atoms with Crippen molar-refractivity contribution < 1.29 is 4.79 Å². The number of hydrogen-bond acceptors (Lipinski definition) is 2. The van der Waals surface area contributed by atoms with Crippen LogP contribution in [0, 0.1) is 0 Å². The Morgan fingerprint density at radius 3 is 2.33 bits per heavy atom. The molecule has 90 valence electrons. The van der Waals surface area contributed by atoms with E-state index in [1.54, 1.807) is 0 Å². The first-order valence-electron chi connectivity index (χ1n) is 5.98. The van der Waals surface area contributed by atoms with Crippen LogP contribution in [0.2, 0.25) is 0 Å². The van der Waals surface area contributed by atoms with Crippen molar-refractivity contribution in [1.82, 2.24) is 5.43 Å². The molecule has 0 bridgehead atoms. The Labute approximate surface area is 106 Å². The zero-order chi connectivity index (χ0) is 12.5. The second kappa shape index (κ2) is 4.27. The Morgan fingerprint density at radius 1 is 0.944 bits per heavy atom. The van der Waals surface area contributed by atoms with Gasteiger partial charge in [-0.3, -0.25) is 10.2 Å². The molecule has 1 aliphatic carbocycles. The highest BCUT2D eigenvalue weighted by Crippen LogP contribution is 2.29. The summed E-state index contributed by atoms with van der Waals surface area (Å²) >= 11 is 0. The van der Waals surface area contributed by atoms with E-state index in [1.165, 1.54) is 16.7 Å². The van der Waals surface area contributed by atoms with E-state index in [9.17, 15) is 4.79 Å². The zero-order valence-electron chi connectivity index (χ0n) is 9.94. The second-order valence-electron chi connectivity index (χ2n) is 4.54. The summed E-state index contributed by atoms with van der Waals surface area (Å²) in [5, 5.41) is 0. The van der Waals surface area contributed by atoms with E-state index in [2.05, 4.69) is 29.7 Å². The van der Waals surface area contributed by atoms with Crippen LogP contribution in [0.5, 0.6) is 0 Å². The normalized spacial score (nSPS) is 12.5. The Hall–Kier alpha value is -2.13. The molecule has 1 aliphatic rings. The van der Waals surface area contributed by atoms with Crippen LogP contribution in [0.1, 0.15) is 32.6 Å². The number of rotatable bonds is 1. The number of amides is 1. The predicted octanol–water partition coefficient (Wildman–Crippen LogP) is 1.79. The largest absolute Gasteiger partial charge is 0.290 e. The summed E-state index contributed by atoms with van der Waals surface area (Å²) in [5.41, 5.74) is 7.85. The molecule has 0 unspecified atom stereocenters. The molecule has 3 rings (SSSR count). The average Bonchev–Trinajstić information content (AvgIpc) is 2.43. The zero-order valence-corrected chi connectivity index (χ0v) is 9.94. The van der Waals surface area contributed by atoms with Crippen LogP contribution in [-0.4, -0.2) is 5.91 Å². The molecule has 0 radical (unpaired) electrons. The highest BCUT2D eigenvalue weighted by atomic mass is 16.2. The van der Waals surface area contributed by atoms with Gasteiger partial charge in [-0.2, -0.15) is 0 Å². The minimum absolute atomic E-state index is 0.216. The quantitative estimate of drug-likeness (QED) is 0.386. The molecule has 0 spiro atoms. The van der Waals surface area contributed by atoms with Gasteiger partial charge in [-0.05, 0) is 41.2 Å². The van der Waals surface area contributed by atoms with Gasteiger partial charge in [-0.1, -0.05) is 36.4 Å². The first kappa shape index (κ1) is 11.0. The smallest absolute Gasteiger partial charge is 0.265 e. The van der Waals surface area contributed by atoms with Crippen LogP contribution in [0.15, 0.2) is 42.5 Å². The summed E-state index contributed by atoms with van der Waals surface area (Å²) < 4.78 is 0. The van der Waals surface area contributed by atoms with Crippen molar-refractivity contribution in [2.75, 3.05) is 0 Å². The van der Waals surface area contributed by atoms with Crippen LogP contribution in [-0.2, 0) is 12.8 Å². The summed E-state index contributed by atoms with van der Waals surface area (Å²) in [6, 6.07) is 14.2. The number of nitrogens with one attached hydrogen (secondary N) is 1. The van der Waals surface area contributed by atoms with Crippen molar-refractivity contribution in [1.29, 1.82) is 0 Å². The molecule has 1 amide bonds. The van der Waals surface area contributed by atoms with Gasteiger partial charge in [0, 0.05) is 5.56 Å². The molecular weight excluding hydrogens is 224 g/mol. The van der Waals surface area contributed by atoms with Gasteiger partial charge in [0.1, 0.15) is 0 Å². The Kier molecular flexibility index (Phi) is 2.61. The first-order chi connectivity index (χ1) is 8.79. The Bertz CT molecular complexity index is 620. The van der Waals surface area contributed by atoms with Crippen LogP contribution in [0.4, 0.5) is 0 Å². The third kappa shape index (κ3) is 1.69. The van der Waals surface area contributed by atoms with Crippen LogP contribution in [0.3, 0.4) is 0 Å². The van der Waals surface area contributed by atoms with Gasteiger partial charge in [-0.15, -0.1) is 0 Å².